The monoisotopic (exact) mass is 282 g/mol. The maximum absolute atomic E-state index is 11.4. The molecule has 0 radical (unpaired) electrons. The van der Waals surface area contributed by atoms with Crippen LogP contribution in [0.5, 0.6) is 0 Å². The first-order chi connectivity index (χ1) is 9.08. The van der Waals surface area contributed by atoms with Gasteiger partial charge in [0.1, 0.15) is 0 Å². The summed E-state index contributed by atoms with van der Waals surface area (Å²) in [5, 5.41) is 9.20. The Morgan fingerprint density at radius 3 is 2.37 bits per heavy atom. The number of aliphatic carboxylic acids is 1. The first kappa shape index (κ1) is 15.6. The zero-order valence-electron chi connectivity index (χ0n) is 11.1. The van der Waals surface area contributed by atoms with Gasteiger partial charge in [0.2, 0.25) is 0 Å². The van der Waals surface area contributed by atoms with E-state index in [9.17, 15) is 14.7 Å². The molecule has 0 saturated heterocycles. The maximum atomic E-state index is 11.4. The SMILES string of the molecule is CCOC(=O)CC(C(=O)O)c1ccc(SCC)cc1. The average molecular weight is 282 g/mol. The van der Waals surface area contributed by atoms with Gasteiger partial charge in [0, 0.05) is 4.90 Å². The van der Waals surface area contributed by atoms with E-state index in [1.165, 1.54) is 0 Å². The van der Waals surface area contributed by atoms with Crippen molar-refractivity contribution in [3.8, 4) is 0 Å². The lowest BCUT2D eigenvalue weighted by Gasteiger charge is -2.12. The fourth-order valence-corrected chi connectivity index (χ4v) is 2.36. The molecule has 104 valence electrons. The number of carboxylic acid groups (broad SMARTS) is 1. The van der Waals surface area contributed by atoms with Gasteiger partial charge in [-0.1, -0.05) is 19.1 Å². The van der Waals surface area contributed by atoms with Gasteiger partial charge in [0.25, 0.3) is 0 Å². The molecule has 0 aliphatic heterocycles. The van der Waals surface area contributed by atoms with E-state index < -0.39 is 17.9 Å². The van der Waals surface area contributed by atoms with Crippen molar-refractivity contribution in [1.29, 1.82) is 0 Å². The Kier molecular flexibility index (Phi) is 6.42. The van der Waals surface area contributed by atoms with E-state index in [0.29, 0.717) is 5.56 Å². The molecule has 1 rings (SSSR count). The van der Waals surface area contributed by atoms with E-state index in [-0.39, 0.29) is 13.0 Å². The van der Waals surface area contributed by atoms with Crippen LogP contribution in [0.3, 0.4) is 0 Å². The van der Waals surface area contributed by atoms with Crippen molar-refractivity contribution in [2.24, 2.45) is 0 Å². The van der Waals surface area contributed by atoms with Crippen molar-refractivity contribution >= 4 is 23.7 Å². The van der Waals surface area contributed by atoms with E-state index in [1.807, 2.05) is 12.1 Å². The fourth-order valence-electron chi connectivity index (χ4n) is 1.70. The third-order valence-corrected chi connectivity index (χ3v) is 3.46. The van der Waals surface area contributed by atoms with Gasteiger partial charge in [-0.2, -0.15) is 0 Å². The molecular weight excluding hydrogens is 264 g/mol. The van der Waals surface area contributed by atoms with Crippen LogP contribution in [0.25, 0.3) is 0 Å². The Labute approximate surface area is 117 Å². The number of carbonyl (C=O) groups excluding carboxylic acids is 1. The van der Waals surface area contributed by atoms with Crippen LogP contribution in [0.2, 0.25) is 0 Å². The summed E-state index contributed by atoms with van der Waals surface area (Å²) in [4.78, 5) is 23.7. The minimum absolute atomic E-state index is 0.135. The maximum Gasteiger partial charge on any atom is 0.311 e. The minimum atomic E-state index is -1.01. The molecule has 0 aliphatic carbocycles. The van der Waals surface area contributed by atoms with Crippen LogP contribution in [0, 0.1) is 0 Å². The molecule has 1 atom stereocenters. The number of carbonyl (C=O) groups is 2. The predicted octanol–water partition coefficient (Wildman–Crippen LogP) is 2.92. The van der Waals surface area contributed by atoms with Gasteiger partial charge in [-0.3, -0.25) is 9.59 Å². The van der Waals surface area contributed by atoms with Gasteiger partial charge in [-0.15, -0.1) is 11.8 Å². The second kappa shape index (κ2) is 7.84. The first-order valence-electron chi connectivity index (χ1n) is 6.19. The Morgan fingerprint density at radius 1 is 1.26 bits per heavy atom. The largest absolute Gasteiger partial charge is 0.481 e. The number of hydrogen-bond acceptors (Lipinski definition) is 4. The fraction of sp³-hybridized carbons (Fsp3) is 0.429. The number of benzene rings is 1. The highest BCUT2D eigenvalue weighted by Crippen LogP contribution is 2.24. The molecule has 0 spiro atoms. The van der Waals surface area contributed by atoms with Gasteiger partial charge in [0.15, 0.2) is 0 Å². The number of hydrogen-bond donors (Lipinski definition) is 1. The highest BCUT2D eigenvalue weighted by Gasteiger charge is 2.23. The summed E-state index contributed by atoms with van der Waals surface area (Å²) in [5.41, 5.74) is 0.626. The molecule has 0 aliphatic rings. The Hall–Kier alpha value is -1.49. The molecule has 4 nitrogen and oxygen atoms in total. The lowest BCUT2D eigenvalue weighted by atomic mass is 9.96. The quantitative estimate of drug-likeness (QED) is 0.615. The van der Waals surface area contributed by atoms with Gasteiger partial charge in [-0.05, 0) is 30.4 Å². The number of ether oxygens (including phenoxy) is 1. The molecule has 0 saturated carbocycles. The topological polar surface area (TPSA) is 63.6 Å². The number of rotatable bonds is 7. The highest BCUT2D eigenvalue weighted by atomic mass is 32.2. The van der Waals surface area contributed by atoms with Crippen molar-refractivity contribution in [1.82, 2.24) is 0 Å². The summed E-state index contributed by atoms with van der Waals surface area (Å²) in [6.07, 6.45) is -0.135. The van der Waals surface area contributed by atoms with E-state index in [4.69, 9.17) is 4.74 Å². The Bertz CT molecular complexity index is 428. The first-order valence-corrected chi connectivity index (χ1v) is 7.18. The molecule has 0 heterocycles. The van der Waals surface area contributed by atoms with Gasteiger partial charge in [0.05, 0.1) is 18.9 Å². The van der Waals surface area contributed by atoms with Crippen molar-refractivity contribution in [3.05, 3.63) is 29.8 Å². The van der Waals surface area contributed by atoms with Crippen LogP contribution < -0.4 is 0 Å². The minimum Gasteiger partial charge on any atom is -0.481 e. The zero-order valence-corrected chi connectivity index (χ0v) is 11.9. The lowest BCUT2D eigenvalue weighted by Crippen LogP contribution is -2.17. The summed E-state index contributed by atoms with van der Waals surface area (Å²) in [5.74, 6) is -1.38. The molecule has 0 bridgehead atoms. The smallest absolute Gasteiger partial charge is 0.311 e. The molecule has 1 N–H and O–H groups in total. The number of thioether (sulfide) groups is 1. The zero-order chi connectivity index (χ0) is 14.3. The van der Waals surface area contributed by atoms with Crippen LogP contribution >= 0.6 is 11.8 Å². The van der Waals surface area contributed by atoms with Crippen molar-refractivity contribution in [3.63, 3.8) is 0 Å². The van der Waals surface area contributed by atoms with E-state index in [2.05, 4.69) is 6.92 Å². The van der Waals surface area contributed by atoms with Crippen LogP contribution in [-0.2, 0) is 14.3 Å². The van der Waals surface area contributed by atoms with Crippen LogP contribution in [0.15, 0.2) is 29.2 Å². The van der Waals surface area contributed by atoms with Gasteiger partial charge < -0.3 is 9.84 Å². The van der Waals surface area contributed by atoms with Crippen LogP contribution in [0.1, 0.15) is 31.7 Å². The average Bonchev–Trinajstić information content (AvgIpc) is 2.37. The summed E-state index contributed by atoms with van der Waals surface area (Å²) in [6, 6.07) is 7.28. The van der Waals surface area contributed by atoms with Crippen molar-refractivity contribution < 1.29 is 19.4 Å². The van der Waals surface area contributed by atoms with E-state index >= 15 is 0 Å². The summed E-state index contributed by atoms with van der Waals surface area (Å²) < 4.78 is 4.80. The Morgan fingerprint density at radius 2 is 1.89 bits per heavy atom. The van der Waals surface area contributed by atoms with Gasteiger partial charge >= 0.3 is 11.9 Å². The van der Waals surface area contributed by atoms with E-state index in [1.54, 1.807) is 30.8 Å². The molecule has 1 aromatic rings. The molecule has 0 aromatic heterocycles. The molecule has 1 aromatic carbocycles. The summed E-state index contributed by atoms with van der Waals surface area (Å²) in [6.45, 7) is 4.01. The molecular formula is C14H18O4S. The molecule has 0 fully saturated rings. The third kappa shape index (κ3) is 4.95. The molecule has 5 heteroatoms. The van der Waals surface area contributed by atoms with E-state index in [0.717, 1.165) is 10.6 Å². The van der Waals surface area contributed by atoms with Crippen LogP contribution in [-0.4, -0.2) is 29.4 Å². The Balaban J connectivity index is 2.81. The van der Waals surface area contributed by atoms with Crippen LogP contribution in [0.4, 0.5) is 0 Å². The summed E-state index contributed by atoms with van der Waals surface area (Å²) in [7, 11) is 0. The third-order valence-electron chi connectivity index (χ3n) is 2.57. The number of carboxylic acids is 1. The standard InChI is InChI=1S/C14H18O4S/c1-3-18-13(15)9-12(14(16)17)10-5-7-11(8-6-10)19-4-2/h5-8,12H,3-4,9H2,1-2H3,(H,16,17). The predicted molar refractivity (Wildman–Crippen MR) is 74.5 cm³/mol. The molecule has 19 heavy (non-hydrogen) atoms. The normalized spacial score (nSPS) is 11.9. The van der Waals surface area contributed by atoms with Crippen molar-refractivity contribution in [2.75, 3.05) is 12.4 Å². The lowest BCUT2D eigenvalue weighted by molar-refractivity contribution is -0.148. The second-order valence-corrected chi connectivity index (χ2v) is 5.24. The molecule has 1 unspecified atom stereocenters. The summed E-state index contributed by atoms with van der Waals surface area (Å²) >= 11 is 1.69. The molecule has 0 amide bonds. The van der Waals surface area contributed by atoms with Gasteiger partial charge in [-0.25, -0.2) is 0 Å². The highest BCUT2D eigenvalue weighted by molar-refractivity contribution is 7.99. The second-order valence-electron chi connectivity index (χ2n) is 3.90. The number of esters is 1. The van der Waals surface area contributed by atoms with Crippen molar-refractivity contribution in [2.45, 2.75) is 31.1 Å².